The Morgan fingerprint density at radius 2 is 2.29 bits per heavy atom. The highest BCUT2D eigenvalue weighted by molar-refractivity contribution is 6.06. The molecule has 0 spiro atoms. The van der Waals surface area contributed by atoms with Gasteiger partial charge in [0, 0.05) is 18.8 Å². The lowest BCUT2D eigenvalue weighted by molar-refractivity contribution is -0.122. The molecule has 0 bridgehead atoms. The van der Waals surface area contributed by atoms with Crippen LogP contribution in [0.1, 0.15) is 25.8 Å². The van der Waals surface area contributed by atoms with Crippen molar-refractivity contribution in [1.82, 2.24) is 4.98 Å². The van der Waals surface area contributed by atoms with Gasteiger partial charge in [-0.1, -0.05) is 13.0 Å². The summed E-state index contributed by atoms with van der Waals surface area (Å²) in [6, 6.07) is 3.88. The van der Waals surface area contributed by atoms with Crippen molar-refractivity contribution < 1.29 is 4.79 Å². The predicted molar refractivity (Wildman–Crippen MR) is 55.3 cm³/mol. The van der Waals surface area contributed by atoms with E-state index >= 15 is 0 Å². The first-order chi connectivity index (χ1) is 6.61. The summed E-state index contributed by atoms with van der Waals surface area (Å²) in [5.41, 5.74) is 0.674. The zero-order chi connectivity index (χ0) is 10.3. The lowest BCUT2D eigenvalue weighted by atomic mass is 9.82. The molecule has 14 heavy (non-hydrogen) atoms. The standard InChI is InChI=1S/C11H14N2O/c1-4-11(2)8-6-5-7-12-9(8)13(3)10(11)14/h5-7H,4H2,1-3H3. The molecule has 0 aromatic carbocycles. The summed E-state index contributed by atoms with van der Waals surface area (Å²) in [7, 11) is 1.79. The number of hydrogen-bond acceptors (Lipinski definition) is 2. The lowest BCUT2D eigenvalue weighted by Gasteiger charge is -2.20. The number of pyridine rings is 1. The SMILES string of the molecule is CCC1(C)C(=O)N(C)c2ncccc21. The second-order valence-electron chi connectivity index (χ2n) is 3.92. The molecule has 1 aliphatic heterocycles. The number of aromatic nitrogens is 1. The molecule has 3 heteroatoms. The van der Waals surface area contributed by atoms with Gasteiger partial charge in [0.15, 0.2) is 0 Å². The van der Waals surface area contributed by atoms with Crippen LogP contribution in [0.4, 0.5) is 5.82 Å². The van der Waals surface area contributed by atoms with E-state index < -0.39 is 0 Å². The van der Waals surface area contributed by atoms with Gasteiger partial charge in [0.2, 0.25) is 5.91 Å². The third kappa shape index (κ3) is 0.924. The van der Waals surface area contributed by atoms with Crippen molar-refractivity contribution in [2.75, 3.05) is 11.9 Å². The molecular formula is C11H14N2O. The minimum Gasteiger partial charge on any atom is -0.299 e. The molecule has 2 rings (SSSR count). The van der Waals surface area contributed by atoms with Crippen molar-refractivity contribution in [3.8, 4) is 0 Å². The predicted octanol–water partition coefficient (Wildman–Crippen LogP) is 1.73. The Hall–Kier alpha value is -1.38. The Labute approximate surface area is 83.8 Å². The Bertz CT molecular complexity index is 389. The van der Waals surface area contributed by atoms with Crippen LogP contribution in [0.2, 0.25) is 0 Å². The summed E-state index contributed by atoms with van der Waals surface area (Å²) in [4.78, 5) is 17.9. The van der Waals surface area contributed by atoms with E-state index in [1.165, 1.54) is 0 Å². The van der Waals surface area contributed by atoms with Gasteiger partial charge in [-0.25, -0.2) is 4.98 Å². The molecule has 0 saturated heterocycles. The van der Waals surface area contributed by atoms with Crippen LogP contribution in [0, 0.1) is 0 Å². The first-order valence-electron chi connectivity index (χ1n) is 4.85. The topological polar surface area (TPSA) is 33.2 Å². The third-order valence-corrected chi connectivity index (χ3v) is 3.18. The molecule has 1 aromatic heterocycles. The van der Waals surface area contributed by atoms with E-state index in [-0.39, 0.29) is 11.3 Å². The molecule has 0 aliphatic carbocycles. The summed E-state index contributed by atoms with van der Waals surface area (Å²) in [6.45, 7) is 4.02. The number of amides is 1. The average Bonchev–Trinajstić information content (AvgIpc) is 2.43. The van der Waals surface area contributed by atoms with Crippen LogP contribution >= 0.6 is 0 Å². The van der Waals surface area contributed by atoms with E-state index in [2.05, 4.69) is 4.98 Å². The van der Waals surface area contributed by atoms with E-state index in [4.69, 9.17) is 0 Å². The summed E-state index contributed by atoms with van der Waals surface area (Å²) in [5, 5.41) is 0. The summed E-state index contributed by atoms with van der Waals surface area (Å²) >= 11 is 0. The van der Waals surface area contributed by atoms with Gasteiger partial charge in [0.25, 0.3) is 0 Å². The maximum absolute atomic E-state index is 12.0. The molecule has 2 heterocycles. The second kappa shape index (κ2) is 2.80. The Morgan fingerprint density at radius 1 is 1.57 bits per heavy atom. The first-order valence-corrected chi connectivity index (χ1v) is 4.85. The van der Waals surface area contributed by atoms with Crippen LogP contribution < -0.4 is 4.90 Å². The molecule has 0 radical (unpaired) electrons. The molecule has 74 valence electrons. The van der Waals surface area contributed by atoms with Crippen molar-refractivity contribution in [3.05, 3.63) is 23.9 Å². The Kier molecular flexibility index (Phi) is 1.84. The zero-order valence-corrected chi connectivity index (χ0v) is 8.74. The van der Waals surface area contributed by atoms with Gasteiger partial charge < -0.3 is 0 Å². The Balaban J connectivity index is 2.65. The van der Waals surface area contributed by atoms with E-state index in [1.54, 1.807) is 18.1 Å². The number of hydrogen-bond donors (Lipinski definition) is 0. The van der Waals surface area contributed by atoms with Crippen LogP contribution in [0.25, 0.3) is 0 Å². The molecule has 3 nitrogen and oxygen atoms in total. The van der Waals surface area contributed by atoms with Crippen LogP contribution in [0.5, 0.6) is 0 Å². The van der Waals surface area contributed by atoms with Gasteiger partial charge in [0.1, 0.15) is 5.82 Å². The number of nitrogens with zero attached hydrogens (tertiary/aromatic N) is 2. The monoisotopic (exact) mass is 190 g/mol. The maximum atomic E-state index is 12.0. The van der Waals surface area contributed by atoms with Crippen LogP contribution in [0.15, 0.2) is 18.3 Å². The largest absolute Gasteiger partial charge is 0.299 e. The van der Waals surface area contributed by atoms with Crippen molar-refractivity contribution in [2.24, 2.45) is 0 Å². The van der Waals surface area contributed by atoms with Crippen molar-refractivity contribution >= 4 is 11.7 Å². The number of rotatable bonds is 1. The Morgan fingerprint density at radius 3 is 2.93 bits per heavy atom. The molecule has 0 N–H and O–H groups in total. The van der Waals surface area contributed by atoms with Gasteiger partial charge >= 0.3 is 0 Å². The fourth-order valence-corrected chi connectivity index (χ4v) is 2.02. The average molecular weight is 190 g/mol. The van der Waals surface area contributed by atoms with Gasteiger partial charge in [-0.3, -0.25) is 9.69 Å². The summed E-state index contributed by atoms with van der Waals surface area (Å²) < 4.78 is 0. The quantitative estimate of drug-likeness (QED) is 0.675. The van der Waals surface area contributed by atoms with E-state index in [1.807, 2.05) is 26.0 Å². The number of anilines is 1. The fraction of sp³-hybridized carbons (Fsp3) is 0.455. The van der Waals surface area contributed by atoms with E-state index in [0.717, 1.165) is 17.8 Å². The molecule has 0 fully saturated rings. The maximum Gasteiger partial charge on any atom is 0.238 e. The van der Waals surface area contributed by atoms with Gasteiger partial charge in [-0.05, 0) is 19.4 Å². The molecular weight excluding hydrogens is 176 g/mol. The first kappa shape index (κ1) is 9.19. The van der Waals surface area contributed by atoms with E-state index in [9.17, 15) is 4.79 Å². The fourth-order valence-electron chi connectivity index (χ4n) is 2.02. The number of likely N-dealkylation sites (N-methyl/N-ethyl adjacent to an activating group) is 1. The number of carbonyl (C=O) groups excluding carboxylic acids is 1. The van der Waals surface area contributed by atoms with Gasteiger partial charge in [-0.15, -0.1) is 0 Å². The highest BCUT2D eigenvalue weighted by Gasteiger charge is 2.45. The minimum atomic E-state index is -0.377. The molecule has 1 atom stereocenters. The lowest BCUT2D eigenvalue weighted by Crippen LogP contribution is -2.35. The molecule has 1 amide bonds. The third-order valence-electron chi connectivity index (χ3n) is 3.18. The summed E-state index contributed by atoms with van der Waals surface area (Å²) in [6.07, 6.45) is 2.54. The molecule has 1 aromatic rings. The van der Waals surface area contributed by atoms with Gasteiger partial charge in [-0.2, -0.15) is 0 Å². The highest BCUT2D eigenvalue weighted by Crippen LogP contribution is 2.41. The number of carbonyl (C=O) groups is 1. The smallest absolute Gasteiger partial charge is 0.238 e. The van der Waals surface area contributed by atoms with E-state index in [0.29, 0.717) is 0 Å². The van der Waals surface area contributed by atoms with Crippen molar-refractivity contribution in [1.29, 1.82) is 0 Å². The number of fused-ring (bicyclic) bond motifs is 1. The normalized spacial score (nSPS) is 25.4. The van der Waals surface area contributed by atoms with Crippen LogP contribution in [-0.4, -0.2) is 17.9 Å². The zero-order valence-electron chi connectivity index (χ0n) is 8.74. The molecule has 0 saturated carbocycles. The van der Waals surface area contributed by atoms with Crippen LogP contribution in [0.3, 0.4) is 0 Å². The van der Waals surface area contributed by atoms with Crippen LogP contribution in [-0.2, 0) is 10.2 Å². The molecule has 1 aliphatic rings. The van der Waals surface area contributed by atoms with Gasteiger partial charge in [0.05, 0.1) is 5.41 Å². The molecule has 1 unspecified atom stereocenters. The summed E-state index contributed by atoms with van der Waals surface area (Å²) in [5.74, 6) is 0.954. The highest BCUT2D eigenvalue weighted by atomic mass is 16.2. The second-order valence-corrected chi connectivity index (χ2v) is 3.92. The van der Waals surface area contributed by atoms with Crippen molar-refractivity contribution in [3.63, 3.8) is 0 Å². The van der Waals surface area contributed by atoms with Crippen molar-refractivity contribution in [2.45, 2.75) is 25.7 Å². The minimum absolute atomic E-state index is 0.147.